The van der Waals surface area contributed by atoms with Crippen LogP contribution < -0.4 is 0 Å². The molecule has 0 saturated carbocycles. The van der Waals surface area contributed by atoms with Crippen LogP contribution in [0, 0.1) is 6.92 Å². The van der Waals surface area contributed by atoms with E-state index >= 15 is 0 Å². The van der Waals surface area contributed by atoms with Gasteiger partial charge < -0.3 is 0 Å². The summed E-state index contributed by atoms with van der Waals surface area (Å²) < 4.78 is 0. The van der Waals surface area contributed by atoms with Gasteiger partial charge in [-0.1, -0.05) is 100.0 Å². The van der Waals surface area contributed by atoms with Crippen LogP contribution in [-0.4, -0.2) is 0 Å². The van der Waals surface area contributed by atoms with Gasteiger partial charge in [0, 0.05) is 0 Å². The minimum Gasteiger partial charge on any atom is -0.269 e. The third-order valence-corrected chi connectivity index (χ3v) is 1.61. The maximum Gasteiger partial charge on any atom is -0.0398 e. The molecule has 2 aromatic carbocycles. The summed E-state index contributed by atoms with van der Waals surface area (Å²) in [6, 6.07) is 22.3. The van der Waals surface area contributed by atoms with Gasteiger partial charge >= 0.3 is 0 Å². The second-order valence-corrected chi connectivity index (χ2v) is 2.81. The summed E-state index contributed by atoms with van der Waals surface area (Å²) in [5.74, 6) is 0. The molecule has 0 unspecified atom stereocenters. The van der Waals surface area contributed by atoms with Gasteiger partial charge in [0.2, 0.25) is 0 Å². The number of rotatable bonds is 0. The number of benzene rings is 2. The summed E-state index contributed by atoms with van der Waals surface area (Å²) in [4.78, 5) is 0. The Morgan fingerprint density at radius 2 is 0.684 bits per heavy atom. The maximum absolute atomic E-state index is 2.08. The molecule has 19 heavy (non-hydrogen) atoms. The van der Waals surface area contributed by atoms with Crippen LogP contribution >= 0.6 is 0 Å². The van der Waals surface area contributed by atoms with Crippen molar-refractivity contribution in [1.82, 2.24) is 0 Å². The Morgan fingerprint density at radius 3 is 0.842 bits per heavy atom. The molecule has 0 radical (unpaired) electrons. The van der Waals surface area contributed by atoms with Crippen molar-refractivity contribution < 1.29 is 9.41 Å². The van der Waals surface area contributed by atoms with E-state index in [1.165, 1.54) is 5.56 Å². The van der Waals surface area contributed by atoms with Crippen LogP contribution in [0.3, 0.4) is 0 Å². The van der Waals surface area contributed by atoms with E-state index in [0.29, 0.717) is 0 Å². The van der Waals surface area contributed by atoms with Crippen molar-refractivity contribution in [3.63, 3.8) is 0 Å². The third-order valence-electron chi connectivity index (χ3n) is 1.61. The standard InChI is InChI=1S/C7H8.C6H6.2C2H6.2FH/c1-7-5-3-2-4-6-7;1-2-4-6-5-3-1;2*1-2;;/h2-6H,1H3;1-6H;2*1-2H3;2*1H. The van der Waals surface area contributed by atoms with Crippen molar-refractivity contribution in [2.45, 2.75) is 34.6 Å². The Kier molecular flexibility index (Phi) is 34.5. The molecule has 2 rings (SSSR count). The molecule has 2 aromatic rings. The van der Waals surface area contributed by atoms with Crippen molar-refractivity contribution in [3.8, 4) is 0 Å². The molecule has 0 nitrogen and oxygen atoms in total. The Morgan fingerprint density at radius 1 is 0.474 bits per heavy atom. The Hall–Kier alpha value is -1.70. The van der Waals surface area contributed by atoms with Gasteiger partial charge in [-0.05, 0) is 6.92 Å². The zero-order chi connectivity index (χ0) is 13.4. The van der Waals surface area contributed by atoms with E-state index in [1.54, 1.807) is 0 Å². The Bertz CT molecular complexity index is 280. The van der Waals surface area contributed by atoms with E-state index in [9.17, 15) is 0 Å². The number of aryl methyl sites for hydroxylation is 1. The lowest BCUT2D eigenvalue weighted by Gasteiger charge is -1.82. The SMILES string of the molecule is CC.CC.Cc1ccccc1.F.F.c1ccccc1. The molecule has 0 N–H and O–H groups in total. The topological polar surface area (TPSA) is 0 Å². The van der Waals surface area contributed by atoms with Crippen LogP contribution in [0.15, 0.2) is 66.7 Å². The van der Waals surface area contributed by atoms with Crippen LogP contribution in [0.4, 0.5) is 9.41 Å². The third kappa shape index (κ3) is 22.0. The number of halogens is 2. The minimum atomic E-state index is 0. The molecule has 0 heterocycles. The van der Waals surface area contributed by atoms with Gasteiger partial charge in [0.1, 0.15) is 0 Å². The molecule has 110 valence electrons. The summed E-state index contributed by atoms with van der Waals surface area (Å²) in [6.07, 6.45) is 0. The Labute approximate surface area is 117 Å². The molecule has 0 aliphatic carbocycles. The molecular weight excluding hydrogens is 242 g/mol. The van der Waals surface area contributed by atoms with Crippen molar-refractivity contribution in [2.75, 3.05) is 0 Å². The highest BCUT2D eigenvalue weighted by molar-refractivity contribution is 5.11. The molecule has 0 bridgehead atoms. The van der Waals surface area contributed by atoms with E-state index in [1.807, 2.05) is 82.3 Å². The van der Waals surface area contributed by atoms with Gasteiger partial charge in [0.15, 0.2) is 0 Å². The van der Waals surface area contributed by atoms with Gasteiger partial charge in [-0.25, -0.2) is 0 Å². The fourth-order valence-electron chi connectivity index (χ4n) is 0.919. The van der Waals surface area contributed by atoms with Crippen LogP contribution in [0.2, 0.25) is 0 Å². The number of hydrogen-bond donors (Lipinski definition) is 0. The lowest BCUT2D eigenvalue weighted by Crippen LogP contribution is -1.62. The van der Waals surface area contributed by atoms with Gasteiger partial charge in [-0.3, -0.25) is 9.41 Å². The molecule has 0 saturated heterocycles. The van der Waals surface area contributed by atoms with Crippen molar-refractivity contribution >= 4 is 0 Å². The fourth-order valence-corrected chi connectivity index (χ4v) is 0.919. The normalized spacial score (nSPS) is 6.37. The lowest BCUT2D eigenvalue weighted by atomic mass is 10.2. The van der Waals surface area contributed by atoms with Crippen LogP contribution in [0.25, 0.3) is 0 Å². The van der Waals surface area contributed by atoms with Gasteiger partial charge in [0.05, 0.1) is 0 Å². The van der Waals surface area contributed by atoms with Gasteiger partial charge in [-0.15, -0.1) is 0 Å². The van der Waals surface area contributed by atoms with Crippen LogP contribution in [-0.2, 0) is 0 Å². The summed E-state index contributed by atoms with van der Waals surface area (Å²) in [5.41, 5.74) is 1.32. The van der Waals surface area contributed by atoms with Crippen LogP contribution in [0.5, 0.6) is 0 Å². The molecule has 0 aliphatic rings. The van der Waals surface area contributed by atoms with E-state index in [4.69, 9.17) is 0 Å². The highest BCUT2D eigenvalue weighted by Gasteiger charge is 1.72. The highest BCUT2D eigenvalue weighted by Crippen LogP contribution is 1.92. The van der Waals surface area contributed by atoms with Crippen molar-refractivity contribution in [1.29, 1.82) is 0 Å². The molecule has 0 amide bonds. The second-order valence-electron chi connectivity index (χ2n) is 2.81. The first kappa shape index (κ1) is 26.0. The monoisotopic (exact) mass is 270 g/mol. The average Bonchev–Trinajstić information content (AvgIpc) is 2.47. The molecule has 0 atom stereocenters. The number of hydrogen-bond acceptors (Lipinski definition) is 0. The zero-order valence-electron chi connectivity index (χ0n) is 12.7. The highest BCUT2D eigenvalue weighted by atomic mass is 19.0. The first-order valence-corrected chi connectivity index (χ1v) is 6.41. The molecule has 2 heteroatoms. The predicted molar refractivity (Wildman–Crippen MR) is 85.3 cm³/mol. The fraction of sp³-hybridized carbons (Fsp3) is 0.294. The molecule has 0 fully saturated rings. The molecular formula is C17H28F2. The summed E-state index contributed by atoms with van der Waals surface area (Å²) in [7, 11) is 0. The average molecular weight is 270 g/mol. The first-order valence-electron chi connectivity index (χ1n) is 6.41. The Balaban J connectivity index is -0.0000000872. The van der Waals surface area contributed by atoms with Gasteiger partial charge in [-0.2, -0.15) is 0 Å². The molecule has 0 aliphatic heterocycles. The van der Waals surface area contributed by atoms with Crippen molar-refractivity contribution in [2.24, 2.45) is 0 Å². The first-order chi connectivity index (χ1) is 8.39. The zero-order valence-corrected chi connectivity index (χ0v) is 12.7. The summed E-state index contributed by atoms with van der Waals surface area (Å²) in [5, 5.41) is 0. The van der Waals surface area contributed by atoms with E-state index in [-0.39, 0.29) is 9.41 Å². The smallest absolute Gasteiger partial charge is 0.0398 e. The summed E-state index contributed by atoms with van der Waals surface area (Å²) in [6.45, 7) is 10.1. The maximum atomic E-state index is 2.08. The second kappa shape index (κ2) is 25.2. The largest absolute Gasteiger partial charge is 0.269 e. The van der Waals surface area contributed by atoms with E-state index < -0.39 is 0 Å². The van der Waals surface area contributed by atoms with Gasteiger partial charge in [0.25, 0.3) is 0 Å². The molecule has 0 spiro atoms. The minimum absolute atomic E-state index is 0. The predicted octanol–water partition coefficient (Wildman–Crippen LogP) is 6.04. The molecule has 0 aromatic heterocycles. The van der Waals surface area contributed by atoms with E-state index in [0.717, 1.165) is 0 Å². The van der Waals surface area contributed by atoms with Crippen LogP contribution in [0.1, 0.15) is 33.3 Å². The summed E-state index contributed by atoms with van der Waals surface area (Å²) >= 11 is 0. The van der Waals surface area contributed by atoms with Crippen molar-refractivity contribution in [3.05, 3.63) is 72.3 Å². The quantitative estimate of drug-likeness (QED) is 0.547. The lowest BCUT2D eigenvalue weighted by molar-refractivity contribution is 1.11. The van der Waals surface area contributed by atoms with E-state index in [2.05, 4.69) is 19.1 Å².